The molecule has 0 spiro atoms. The van der Waals surface area contributed by atoms with E-state index in [4.69, 9.17) is 20.0 Å². The summed E-state index contributed by atoms with van der Waals surface area (Å²) in [5.41, 5.74) is 0. The first-order chi connectivity index (χ1) is 5.39. The van der Waals surface area contributed by atoms with E-state index in [1.165, 1.54) is 0 Å². The molecular formula is C5H4Cl3NO2S. The largest absolute Gasteiger partial charge is 0.317 e. The highest BCUT2D eigenvalue weighted by atomic mass is 36.0. The zero-order valence-electron chi connectivity index (χ0n) is 5.62. The molecule has 1 heterocycles. The Bertz CT molecular complexity index is 305. The monoisotopic (exact) mass is 247 g/mol. The van der Waals surface area contributed by atoms with Gasteiger partial charge in [-0.1, -0.05) is 17.7 Å². The van der Waals surface area contributed by atoms with Gasteiger partial charge in [-0.3, -0.25) is 0 Å². The second-order valence-corrected chi connectivity index (χ2v) is 5.59. The highest BCUT2D eigenvalue weighted by molar-refractivity contribution is 8.31. The van der Waals surface area contributed by atoms with Crippen molar-refractivity contribution >= 4 is 41.2 Å². The zero-order chi connectivity index (χ0) is 9.61. The van der Waals surface area contributed by atoms with E-state index in [1.54, 1.807) is 12.3 Å². The van der Waals surface area contributed by atoms with Crippen molar-refractivity contribution in [3.8, 4) is 0 Å². The van der Waals surface area contributed by atoms with Crippen molar-refractivity contribution in [3.05, 3.63) is 29.5 Å². The molecule has 1 aromatic rings. The number of pyridine rings is 1. The Kier molecular flexibility index (Phi) is 5.57. The molecule has 7 heteroatoms. The van der Waals surface area contributed by atoms with Crippen LogP contribution in [0.25, 0.3) is 0 Å². The Morgan fingerprint density at radius 1 is 1.25 bits per heavy atom. The summed E-state index contributed by atoms with van der Waals surface area (Å²) in [6.07, 6.45) is 1.66. The van der Waals surface area contributed by atoms with Crippen molar-refractivity contribution in [1.82, 2.24) is 4.98 Å². The van der Waals surface area contributed by atoms with Crippen LogP contribution in [0.4, 0.5) is 0 Å². The fourth-order valence-electron chi connectivity index (χ4n) is 0.342. The van der Waals surface area contributed by atoms with Crippen LogP contribution in [0.1, 0.15) is 0 Å². The summed E-state index contributed by atoms with van der Waals surface area (Å²) in [4.78, 5) is 3.74. The fourth-order valence-corrected chi connectivity index (χ4v) is 0.471. The summed E-state index contributed by atoms with van der Waals surface area (Å²) in [5, 5.41) is 0.544. The molecule has 1 rings (SSSR count). The van der Waals surface area contributed by atoms with Gasteiger partial charge in [0.05, 0.1) is 0 Å². The molecule has 0 fully saturated rings. The Labute approximate surface area is 84.2 Å². The molecule has 0 atom stereocenters. The van der Waals surface area contributed by atoms with Gasteiger partial charge in [0.15, 0.2) is 0 Å². The van der Waals surface area contributed by atoms with Gasteiger partial charge in [-0.25, -0.2) is 4.98 Å². The van der Waals surface area contributed by atoms with Crippen LogP contribution in [0.5, 0.6) is 0 Å². The van der Waals surface area contributed by atoms with Crippen LogP contribution in [0, 0.1) is 0 Å². The molecule has 68 valence electrons. The molecule has 0 aliphatic rings. The van der Waals surface area contributed by atoms with Crippen LogP contribution in [0.2, 0.25) is 5.15 Å². The first-order valence-electron chi connectivity index (χ1n) is 2.60. The summed E-state index contributed by atoms with van der Waals surface area (Å²) in [6, 6.07) is 5.41. The molecule has 0 saturated heterocycles. The predicted molar refractivity (Wildman–Crippen MR) is 49.9 cm³/mol. The molecule has 0 aromatic carbocycles. The molecule has 0 aliphatic carbocycles. The van der Waals surface area contributed by atoms with Gasteiger partial charge < -0.3 is 0 Å². The van der Waals surface area contributed by atoms with E-state index in [9.17, 15) is 0 Å². The van der Waals surface area contributed by atoms with Gasteiger partial charge in [-0.05, 0) is 12.1 Å². The first-order valence-corrected chi connectivity index (χ1v) is 6.11. The summed E-state index contributed by atoms with van der Waals surface area (Å²) >= 11 is 5.43. The van der Waals surface area contributed by atoms with Crippen molar-refractivity contribution in [2.45, 2.75) is 0 Å². The summed E-state index contributed by atoms with van der Waals surface area (Å²) < 4.78 is 18.3. The van der Waals surface area contributed by atoms with E-state index < -0.39 is 8.26 Å². The minimum absolute atomic E-state index is 0.544. The van der Waals surface area contributed by atoms with Gasteiger partial charge in [0.2, 0.25) is 0 Å². The number of nitrogens with zero attached hydrogens (tertiary/aromatic N) is 1. The zero-order valence-corrected chi connectivity index (χ0v) is 8.70. The molecule has 3 nitrogen and oxygen atoms in total. The van der Waals surface area contributed by atoms with Crippen LogP contribution >= 0.6 is 33.0 Å². The molecule has 0 amide bonds. The average molecular weight is 249 g/mol. The van der Waals surface area contributed by atoms with Gasteiger partial charge >= 0.3 is 8.26 Å². The maximum atomic E-state index is 9.16. The van der Waals surface area contributed by atoms with Crippen LogP contribution in [0.3, 0.4) is 0 Å². The van der Waals surface area contributed by atoms with E-state index in [0.717, 1.165) is 0 Å². The highest BCUT2D eigenvalue weighted by Gasteiger charge is 1.88. The number of hydrogen-bond acceptors (Lipinski definition) is 3. The lowest BCUT2D eigenvalue weighted by Crippen LogP contribution is -1.65. The third kappa shape index (κ3) is 12.6. The molecule has 0 bridgehead atoms. The Morgan fingerprint density at radius 3 is 1.92 bits per heavy atom. The maximum Gasteiger partial charge on any atom is 0.317 e. The van der Waals surface area contributed by atoms with E-state index in [1.807, 2.05) is 12.1 Å². The van der Waals surface area contributed by atoms with E-state index in [-0.39, 0.29) is 0 Å². The highest BCUT2D eigenvalue weighted by Crippen LogP contribution is 1.98. The topological polar surface area (TPSA) is 47.0 Å². The molecule has 0 unspecified atom stereocenters. The quantitative estimate of drug-likeness (QED) is 0.523. The van der Waals surface area contributed by atoms with Gasteiger partial charge in [0, 0.05) is 27.6 Å². The van der Waals surface area contributed by atoms with Gasteiger partial charge in [0.25, 0.3) is 0 Å². The molecule has 0 saturated carbocycles. The van der Waals surface area contributed by atoms with E-state index in [2.05, 4.69) is 26.3 Å². The summed E-state index contributed by atoms with van der Waals surface area (Å²) in [5.74, 6) is 0. The van der Waals surface area contributed by atoms with Gasteiger partial charge in [-0.2, -0.15) is 8.42 Å². The minimum Gasteiger partial charge on any atom is -0.245 e. The summed E-state index contributed by atoms with van der Waals surface area (Å²) in [7, 11) is 4.81. The number of halogens is 3. The number of aromatic nitrogens is 1. The normalized spacial score (nSPS) is 9.92. The molecule has 12 heavy (non-hydrogen) atoms. The van der Waals surface area contributed by atoms with Crippen LogP contribution in [-0.2, 0) is 8.26 Å². The average Bonchev–Trinajstić information content (AvgIpc) is 1.85. The van der Waals surface area contributed by atoms with Crippen molar-refractivity contribution < 1.29 is 8.42 Å². The predicted octanol–water partition coefficient (Wildman–Crippen LogP) is 2.44. The van der Waals surface area contributed by atoms with Crippen LogP contribution < -0.4 is 0 Å². The van der Waals surface area contributed by atoms with Crippen molar-refractivity contribution in [1.29, 1.82) is 0 Å². The lowest BCUT2D eigenvalue weighted by molar-refractivity contribution is 0.621. The van der Waals surface area contributed by atoms with Crippen molar-refractivity contribution in [2.75, 3.05) is 0 Å². The molecule has 0 radical (unpaired) electrons. The lowest BCUT2D eigenvalue weighted by atomic mass is 10.5. The second kappa shape index (κ2) is 5.59. The van der Waals surface area contributed by atoms with Crippen molar-refractivity contribution in [3.63, 3.8) is 0 Å². The Balaban J connectivity index is 0.000000217. The number of rotatable bonds is 0. The smallest absolute Gasteiger partial charge is 0.245 e. The molecule has 0 aliphatic heterocycles. The third-order valence-electron chi connectivity index (χ3n) is 0.629. The maximum absolute atomic E-state index is 9.16. The van der Waals surface area contributed by atoms with Crippen LogP contribution in [-0.4, -0.2) is 13.4 Å². The van der Waals surface area contributed by atoms with E-state index >= 15 is 0 Å². The standard InChI is InChI=1S/C5H4ClN.Cl2O2S/c6-5-3-1-2-4-7-5;1-5(2,3)4/h1-4H;. The molecule has 1 aromatic heterocycles. The first kappa shape index (κ1) is 12.0. The van der Waals surface area contributed by atoms with Crippen molar-refractivity contribution in [2.24, 2.45) is 0 Å². The SMILES string of the molecule is Clc1ccccn1.O=S(=O)(Cl)Cl. The third-order valence-corrected chi connectivity index (χ3v) is 0.852. The Morgan fingerprint density at radius 2 is 1.75 bits per heavy atom. The molecule has 0 N–H and O–H groups in total. The Hall–Kier alpha value is -0.0300. The lowest BCUT2D eigenvalue weighted by Gasteiger charge is -1.79. The minimum atomic E-state index is -3.72. The van der Waals surface area contributed by atoms with E-state index in [0.29, 0.717) is 5.15 Å². The van der Waals surface area contributed by atoms with Gasteiger partial charge in [-0.15, -0.1) is 0 Å². The molecular weight excluding hydrogens is 244 g/mol. The second-order valence-electron chi connectivity index (χ2n) is 1.53. The van der Waals surface area contributed by atoms with Crippen LogP contribution in [0.15, 0.2) is 24.4 Å². The van der Waals surface area contributed by atoms with Gasteiger partial charge in [0.1, 0.15) is 5.15 Å². The number of hydrogen-bond donors (Lipinski definition) is 0. The fraction of sp³-hybridized carbons (Fsp3) is 0. The summed E-state index contributed by atoms with van der Waals surface area (Å²) in [6.45, 7) is 0.